The van der Waals surface area contributed by atoms with E-state index in [1.165, 1.54) is 0 Å². The van der Waals surface area contributed by atoms with E-state index in [0.717, 1.165) is 16.8 Å². The molecule has 2 aromatic carbocycles. The molecule has 2 heterocycles. The first kappa shape index (κ1) is 20.1. The maximum Gasteiger partial charge on any atom is 0.238 e. The summed E-state index contributed by atoms with van der Waals surface area (Å²) in [6, 6.07) is 8.93. The fraction of sp³-hybridized carbons (Fsp3) is 0.318. The second-order valence-corrected chi connectivity index (χ2v) is 8.40. The normalized spacial score (nSPS) is 18.7. The zero-order valence-corrected chi connectivity index (χ0v) is 17.8. The van der Waals surface area contributed by atoms with Gasteiger partial charge in [-0.1, -0.05) is 29.3 Å². The van der Waals surface area contributed by atoms with Crippen molar-refractivity contribution in [3.05, 3.63) is 57.1 Å². The van der Waals surface area contributed by atoms with Gasteiger partial charge in [0, 0.05) is 40.1 Å². The number of piperidine rings is 1. The summed E-state index contributed by atoms with van der Waals surface area (Å²) in [6.07, 6.45) is 0.658. The molecule has 150 valence electrons. The molecular weight excluding hydrogens is 409 g/mol. The highest BCUT2D eigenvalue weighted by molar-refractivity contribution is 6.32. The molecule has 1 N–H and O–H groups in total. The van der Waals surface area contributed by atoms with E-state index >= 15 is 0 Å². The minimum atomic E-state index is -0.307. The summed E-state index contributed by atoms with van der Waals surface area (Å²) in [6.45, 7) is 5.18. The second kappa shape index (κ2) is 7.90. The number of anilines is 1. The number of halogens is 2. The molecule has 2 aliphatic rings. The molecule has 0 aliphatic carbocycles. The highest BCUT2D eigenvalue weighted by atomic mass is 35.5. The van der Waals surface area contributed by atoms with Crippen molar-refractivity contribution >= 4 is 52.0 Å². The Morgan fingerprint density at radius 2 is 2.00 bits per heavy atom. The van der Waals surface area contributed by atoms with Crippen molar-refractivity contribution in [3.63, 3.8) is 0 Å². The summed E-state index contributed by atoms with van der Waals surface area (Å²) in [5, 5.41) is 4.10. The second-order valence-electron chi connectivity index (χ2n) is 7.59. The van der Waals surface area contributed by atoms with Crippen LogP contribution in [0.1, 0.15) is 27.9 Å². The first-order valence-corrected chi connectivity index (χ1v) is 10.3. The SMILES string of the molecule is Cc1ccc(NC(=O)CN2CCC3=Nc4c(ccc(Cl)c4C)C(=O)C3C2)cc1Cl. The van der Waals surface area contributed by atoms with Crippen molar-refractivity contribution in [2.45, 2.75) is 20.3 Å². The van der Waals surface area contributed by atoms with Gasteiger partial charge in [0.25, 0.3) is 0 Å². The lowest BCUT2D eigenvalue weighted by atomic mass is 9.84. The summed E-state index contributed by atoms with van der Waals surface area (Å²) in [4.78, 5) is 32.3. The maximum absolute atomic E-state index is 13.0. The van der Waals surface area contributed by atoms with Gasteiger partial charge in [-0.05, 0) is 55.7 Å². The lowest BCUT2D eigenvalue weighted by Crippen LogP contribution is -2.47. The van der Waals surface area contributed by atoms with Crippen LogP contribution in [0.15, 0.2) is 35.3 Å². The number of carbonyl (C=O) groups is 2. The van der Waals surface area contributed by atoms with Crippen LogP contribution in [0.25, 0.3) is 0 Å². The standard InChI is InChI=1S/C22H21Cl2N3O2/c1-12-3-4-14(9-18(12)24)25-20(28)11-27-8-7-19-16(10-27)22(29)15-5-6-17(23)13(2)21(15)26-19/h3-6,9,16H,7-8,10-11H2,1-2H3,(H,25,28). The number of rotatable bonds is 3. The van der Waals surface area contributed by atoms with Crippen LogP contribution in [0.2, 0.25) is 10.0 Å². The van der Waals surface area contributed by atoms with Gasteiger partial charge in [0.05, 0.1) is 18.2 Å². The number of likely N-dealkylation sites (tertiary alicyclic amines) is 1. The quantitative estimate of drug-likeness (QED) is 0.758. The summed E-state index contributed by atoms with van der Waals surface area (Å²) in [5.74, 6) is -0.379. The van der Waals surface area contributed by atoms with Crippen LogP contribution >= 0.6 is 23.2 Å². The largest absolute Gasteiger partial charge is 0.325 e. The fourth-order valence-corrected chi connectivity index (χ4v) is 4.17. The number of ketones is 1. The van der Waals surface area contributed by atoms with E-state index in [2.05, 4.69) is 5.32 Å². The van der Waals surface area contributed by atoms with Gasteiger partial charge >= 0.3 is 0 Å². The zero-order chi connectivity index (χ0) is 20.7. The number of carbonyl (C=O) groups excluding carboxylic acids is 2. The molecule has 0 bridgehead atoms. The van der Waals surface area contributed by atoms with Gasteiger partial charge in [-0.2, -0.15) is 0 Å². The number of hydrogen-bond donors (Lipinski definition) is 1. The Labute approximate surface area is 179 Å². The Morgan fingerprint density at radius 1 is 1.21 bits per heavy atom. The van der Waals surface area contributed by atoms with Crippen LogP contribution in [-0.4, -0.2) is 41.9 Å². The molecular formula is C22H21Cl2N3O2. The highest BCUT2D eigenvalue weighted by Gasteiger charge is 2.36. The van der Waals surface area contributed by atoms with Gasteiger partial charge in [-0.25, -0.2) is 0 Å². The topological polar surface area (TPSA) is 61.8 Å². The number of nitrogens with zero attached hydrogens (tertiary/aromatic N) is 2. The minimum Gasteiger partial charge on any atom is -0.325 e. The number of aliphatic imine (C=N–C) groups is 1. The summed E-state index contributed by atoms with van der Waals surface area (Å²) < 4.78 is 0. The molecule has 1 unspecified atom stereocenters. The molecule has 1 saturated heterocycles. The van der Waals surface area contributed by atoms with E-state index in [1.54, 1.807) is 18.2 Å². The molecule has 5 nitrogen and oxygen atoms in total. The van der Waals surface area contributed by atoms with Gasteiger partial charge in [-0.3, -0.25) is 19.5 Å². The van der Waals surface area contributed by atoms with E-state index in [1.807, 2.05) is 30.9 Å². The fourth-order valence-electron chi connectivity index (χ4n) is 3.84. The molecule has 2 aromatic rings. The molecule has 7 heteroatoms. The molecule has 4 rings (SSSR count). The van der Waals surface area contributed by atoms with Gasteiger partial charge < -0.3 is 5.32 Å². The lowest BCUT2D eigenvalue weighted by Gasteiger charge is -2.35. The number of nitrogens with one attached hydrogen (secondary N) is 1. The van der Waals surface area contributed by atoms with E-state index in [4.69, 9.17) is 28.2 Å². The molecule has 0 spiro atoms. The van der Waals surface area contributed by atoms with Crippen molar-refractivity contribution < 1.29 is 9.59 Å². The molecule has 1 fully saturated rings. The van der Waals surface area contributed by atoms with E-state index in [-0.39, 0.29) is 24.2 Å². The first-order valence-electron chi connectivity index (χ1n) is 9.52. The molecule has 2 aliphatic heterocycles. The number of amides is 1. The minimum absolute atomic E-state index is 0.0557. The summed E-state index contributed by atoms with van der Waals surface area (Å²) >= 11 is 12.3. The average Bonchev–Trinajstić information content (AvgIpc) is 2.68. The van der Waals surface area contributed by atoms with Crippen LogP contribution in [-0.2, 0) is 4.79 Å². The zero-order valence-electron chi connectivity index (χ0n) is 16.3. The molecule has 1 atom stereocenters. The smallest absolute Gasteiger partial charge is 0.238 e. The predicted molar refractivity (Wildman–Crippen MR) is 117 cm³/mol. The Balaban J connectivity index is 1.45. The van der Waals surface area contributed by atoms with Crippen LogP contribution in [0.5, 0.6) is 0 Å². The lowest BCUT2D eigenvalue weighted by molar-refractivity contribution is -0.117. The Hall–Kier alpha value is -2.21. The van der Waals surface area contributed by atoms with Gasteiger partial charge in [-0.15, -0.1) is 0 Å². The monoisotopic (exact) mass is 429 g/mol. The highest BCUT2D eigenvalue weighted by Crippen LogP contribution is 2.37. The molecule has 29 heavy (non-hydrogen) atoms. The third-order valence-corrected chi connectivity index (χ3v) is 6.37. The maximum atomic E-state index is 13.0. The Bertz CT molecular complexity index is 1050. The van der Waals surface area contributed by atoms with Crippen LogP contribution < -0.4 is 5.32 Å². The Kier molecular flexibility index (Phi) is 5.47. The van der Waals surface area contributed by atoms with Crippen LogP contribution in [0.4, 0.5) is 11.4 Å². The first-order chi connectivity index (χ1) is 13.8. The molecule has 0 aromatic heterocycles. The van der Waals surface area contributed by atoms with E-state index < -0.39 is 0 Å². The predicted octanol–water partition coefficient (Wildman–Crippen LogP) is 4.84. The van der Waals surface area contributed by atoms with Crippen molar-refractivity contribution in [3.8, 4) is 0 Å². The Morgan fingerprint density at radius 3 is 2.76 bits per heavy atom. The summed E-state index contributed by atoms with van der Waals surface area (Å²) in [7, 11) is 0. The number of aryl methyl sites for hydroxylation is 1. The number of fused-ring (bicyclic) bond motifs is 2. The van der Waals surface area contributed by atoms with Crippen LogP contribution in [0, 0.1) is 19.8 Å². The van der Waals surface area contributed by atoms with E-state index in [0.29, 0.717) is 46.5 Å². The van der Waals surface area contributed by atoms with Crippen molar-refractivity contribution in [2.24, 2.45) is 10.9 Å². The average molecular weight is 430 g/mol. The molecule has 0 saturated carbocycles. The number of benzene rings is 2. The number of Topliss-reactive ketones (excluding diaryl/α,β-unsaturated/α-hetero) is 1. The molecule has 0 radical (unpaired) electrons. The summed E-state index contributed by atoms with van der Waals surface area (Å²) in [5.41, 5.74) is 4.65. The van der Waals surface area contributed by atoms with Crippen LogP contribution in [0.3, 0.4) is 0 Å². The van der Waals surface area contributed by atoms with Gasteiger partial charge in [0.1, 0.15) is 0 Å². The third kappa shape index (κ3) is 3.95. The molecule has 1 amide bonds. The third-order valence-electron chi connectivity index (χ3n) is 5.55. The van der Waals surface area contributed by atoms with Crippen molar-refractivity contribution in [1.29, 1.82) is 0 Å². The van der Waals surface area contributed by atoms with Crippen molar-refractivity contribution in [2.75, 3.05) is 25.0 Å². The van der Waals surface area contributed by atoms with Crippen molar-refractivity contribution in [1.82, 2.24) is 4.90 Å². The number of hydrogen-bond acceptors (Lipinski definition) is 4. The van der Waals surface area contributed by atoms with E-state index in [9.17, 15) is 9.59 Å². The van der Waals surface area contributed by atoms with Gasteiger partial charge in [0.15, 0.2) is 5.78 Å². The van der Waals surface area contributed by atoms with Gasteiger partial charge in [0.2, 0.25) is 5.91 Å².